The first-order valence-corrected chi connectivity index (χ1v) is 6.51. The summed E-state index contributed by atoms with van der Waals surface area (Å²) < 4.78 is 33.0. The Bertz CT molecular complexity index is 441. The number of ether oxygens (including phenoxy) is 4. The fourth-order valence-corrected chi connectivity index (χ4v) is 1.45. The molecular formula is C14H20FNO5. The zero-order valence-corrected chi connectivity index (χ0v) is 12.0. The Labute approximate surface area is 122 Å². The van der Waals surface area contributed by atoms with Crippen LogP contribution >= 0.6 is 0 Å². The lowest BCUT2D eigenvalue weighted by atomic mass is 10.2. The fourth-order valence-electron chi connectivity index (χ4n) is 1.45. The molecule has 0 aliphatic rings. The van der Waals surface area contributed by atoms with Gasteiger partial charge in [0, 0.05) is 12.8 Å². The maximum atomic E-state index is 12.8. The minimum atomic E-state index is -0.604. The third-order valence-electron chi connectivity index (χ3n) is 2.50. The summed E-state index contributed by atoms with van der Waals surface area (Å²) in [4.78, 5) is 11.7. The predicted octanol–water partition coefficient (Wildman–Crippen LogP) is 1.24. The third-order valence-corrected chi connectivity index (χ3v) is 2.50. The number of nitrogen functional groups attached to an aromatic ring is 1. The molecule has 7 heteroatoms. The van der Waals surface area contributed by atoms with Crippen molar-refractivity contribution in [1.82, 2.24) is 0 Å². The summed E-state index contributed by atoms with van der Waals surface area (Å²) in [7, 11) is 1.60. The molecule has 0 aliphatic carbocycles. The van der Waals surface area contributed by atoms with Crippen LogP contribution < -0.4 is 5.73 Å². The van der Waals surface area contributed by atoms with E-state index in [4.69, 9.17) is 24.7 Å². The van der Waals surface area contributed by atoms with Crippen LogP contribution in [0.1, 0.15) is 10.4 Å². The van der Waals surface area contributed by atoms with Gasteiger partial charge in [-0.2, -0.15) is 0 Å². The smallest absolute Gasteiger partial charge is 0.340 e. The zero-order chi connectivity index (χ0) is 15.5. The van der Waals surface area contributed by atoms with Crippen molar-refractivity contribution in [3.8, 4) is 0 Å². The predicted molar refractivity (Wildman–Crippen MR) is 74.6 cm³/mol. The molecule has 0 unspecified atom stereocenters. The van der Waals surface area contributed by atoms with Crippen LogP contribution in [-0.2, 0) is 18.9 Å². The molecule has 118 valence electrons. The van der Waals surface area contributed by atoms with E-state index < -0.39 is 11.8 Å². The van der Waals surface area contributed by atoms with Crippen LogP contribution in [0.3, 0.4) is 0 Å². The number of esters is 1. The minimum Gasteiger partial charge on any atom is -0.460 e. The van der Waals surface area contributed by atoms with E-state index >= 15 is 0 Å². The zero-order valence-electron chi connectivity index (χ0n) is 12.0. The number of rotatable bonds is 10. The van der Waals surface area contributed by atoms with Gasteiger partial charge >= 0.3 is 5.97 Å². The molecule has 1 aromatic rings. The number of benzene rings is 1. The van der Waals surface area contributed by atoms with E-state index in [1.54, 1.807) is 7.11 Å². The summed E-state index contributed by atoms with van der Waals surface area (Å²) in [5.74, 6) is -1.10. The van der Waals surface area contributed by atoms with Gasteiger partial charge in [0.1, 0.15) is 12.4 Å². The van der Waals surface area contributed by atoms with E-state index in [1.165, 1.54) is 6.07 Å². The number of anilines is 1. The quantitative estimate of drug-likeness (QED) is 0.398. The number of hydrogen-bond donors (Lipinski definition) is 1. The monoisotopic (exact) mass is 301 g/mol. The first kappa shape index (κ1) is 17.4. The second-order valence-corrected chi connectivity index (χ2v) is 4.09. The Morgan fingerprint density at radius 1 is 1.10 bits per heavy atom. The molecule has 0 heterocycles. The normalized spacial score (nSPS) is 10.6. The van der Waals surface area contributed by atoms with Crippen LogP contribution in [0.2, 0.25) is 0 Å². The first-order chi connectivity index (χ1) is 10.1. The molecule has 2 N–H and O–H groups in total. The number of methoxy groups -OCH3 is 1. The van der Waals surface area contributed by atoms with Gasteiger partial charge < -0.3 is 24.7 Å². The van der Waals surface area contributed by atoms with Crippen molar-refractivity contribution in [2.75, 3.05) is 52.5 Å². The molecule has 0 atom stereocenters. The molecule has 1 rings (SSSR count). The molecule has 0 fully saturated rings. The lowest BCUT2D eigenvalue weighted by Crippen LogP contribution is -2.14. The van der Waals surface area contributed by atoms with Crippen LogP contribution in [0, 0.1) is 5.82 Å². The van der Waals surface area contributed by atoms with Crippen molar-refractivity contribution < 1.29 is 28.1 Å². The van der Waals surface area contributed by atoms with Gasteiger partial charge in [-0.3, -0.25) is 0 Å². The number of halogens is 1. The molecule has 0 amide bonds. The van der Waals surface area contributed by atoms with E-state index in [1.807, 2.05) is 0 Å². The van der Waals surface area contributed by atoms with Gasteiger partial charge in [0.2, 0.25) is 0 Å². The van der Waals surface area contributed by atoms with Crippen molar-refractivity contribution in [2.24, 2.45) is 0 Å². The largest absolute Gasteiger partial charge is 0.460 e. The van der Waals surface area contributed by atoms with Crippen LogP contribution in [0.5, 0.6) is 0 Å². The summed E-state index contributed by atoms with van der Waals surface area (Å²) >= 11 is 0. The van der Waals surface area contributed by atoms with Crippen LogP contribution in [0.15, 0.2) is 18.2 Å². The molecule has 21 heavy (non-hydrogen) atoms. The fraction of sp³-hybridized carbons (Fsp3) is 0.500. The maximum absolute atomic E-state index is 12.8. The molecule has 0 aromatic heterocycles. The van der Waals surface area contributed by atoms with E-state index in [-0.39, 0.29) is 24.5 Å². The first-order valence-electron chi connectivity index (χ1n) is 6.51. The average Bonchev–Trinajstić information content (AvgIpc) is 2.45. The summed E-state index contributed by atoms with van der Waals surface area (Å²) in [5, 5.41) is 0. The Hall–Kier alpha value is -1.70. The van der Waals surface area contributed by atoms with Crippen molar-refractivity contribution in [3.63, 3.8) is 0 Å². The minimum absolute atomic E-state index is 0.0486. The Morgan fingerprint density at radius 3 is 2.33 bits per heavy atom. The maximum Gasteiger partial charge on any atom is 0.340 e. The number of carbonyl (C=O) groups excluding carboxylic acids is 1. The standard InChI is InChI=1S/C14H20FNO5/c1-18-4-5-19-6-7-20-8-9-21-14(17)12-3-2-11(15)10-13(12)16/h2-3,10H,4-9,16H2,1H3. The highest BCUT2D eigenvalue weighted by Crippen LogP contribution is 2.14. The molecule has 0 saturated carbocycles. The highest BCUT2D eigenvalue weighted by Gasteiger charge is 2.11. The second kappa shape index (κ2) is 10.1. The molecule has 0 aliphatic heterocycles. The van der Waals surface area contributed by atoms with Gasteiger partial charge in [0.05, 0.1) is 38.6 Å². The topological polar surface area (TPSA) is 80.0 Å². The molecule has 0 spiro atoms. The van der Waals surface area contributed by atoms with E-state index in [2.05, 4.69) is 0 Å². The molecule has 0 bridgehead atoms. The number of hydrogen-bond acceptors (Lipinski definition) is 6. The molecule has 1 aromatic carbocycles. The molecule has 0 saturated heterocycles. The van der Waals surface area contributed by atoms with Gasteiger partial charge in [-0.25, -0.2) is 9.18 Å². The van der Waals surface area contributed by atoms with Gasteiger partial charge in [-0.05, 0) is 18.2 Å². The highest BCUT2D eigenvalue weighted by molar-refractivity contribution is 5.94. The van der Waals surface area contributed by atoms with E-state index in [9.17, 15) is 9.18 Å². The van der Waals surface area contributed by atoms with E-state index in [0.29, 0.717) is 26.4 Å². The summed E-state index contributed by atoms with van der Waals surface area (Å²) in [6, 6.07) is 3.52. The summed E-state index contributed by atoms with van der Waals surface area (Å²) in [6.45, 7) is 2.24. The SMILES string of the molecule is COCCOCCOCCOC(=O)c1ccc(F)cc1N. The van der Waals surface area contributed by atoms with Gasteiger partial charge in [-0.15, -0.1) is 0 Å². The van der Waals surface area contributed by atoms with Crippen LogP contribution in [0.4, 0.5) is 10.1 Å². The molecule has 0 radical (unpaired) electrons. The van der Waals surface area contributed by atoms with Gasteiger partial charge in [-0.1, -0.05) is 0 Å². The van der Waals surface area contributed by atoms with Crippen molar-refractivity contribution >= 4 is 11.7 Å². The Kier molecular flexibility index (Phi) is 8.34. The lowest BCUT2D eigenvalue weighted by molar-refractivity contribution is 0.00574. The third kappa shape index (κ3) is 7.03. The average molecular weight is 301 g/mol. The number of nitrogens with two attached hydrogens (primary N) is 1. The van der Waals surface area contributed by atoms with Crippen LogP contribution in [-0.4, -0.2) is 52.7 Å². The summed E-state index contributed by atoms with van der Waals surface area (Å²) in [5.41, 5.74) is 5.72. The van der Waals surface area contributed by atoms with Crippen molar-refractivity contribution in [2.45, 2.75) is 0 Å². The van der Waals surface area contributed by atoms with Gasteiger partial charge in [0.15, 0.2) is 0 Å². The van der Waals surface area contributed by atoms with Crippen molar-refractivity contribution in [1.29, 1.82) is 0 Å². The number of carbonyl (C=O) groups is 1. The highest BCUT2D eigenvalue weighted by atomic mass is 19.1. The van der Waals surface area contributed by atoms with Crippen molar-refractivity contribution in [3.05, 3.63) is 29.6 Å². The Morgan fingerprint density at radius 2 is 1.71 bits per heavy atom. The Balaban J connectivity index is 2.11. The lowest BCUT2D eigenvalue weighted by Gasteiger charge is -2.08. The molecular weight excluding hydrogens is 281 g/mol. The van der Waals surface area contributed by atoms with Gasteiger partial charge in [0.25, 0.3) is 0 Å². The second-order valence-electron chi connectivity index (χ2n) is 4.09. The summed E-state index contributed by atoms with van der Waals surface area (Å²) in [6.07, 6.45) is 0. The molecule has 6 nitrogen and oxygen atoms in total. The van der Waals surface area contributed by atoms with E-state index in [0.717, 1.165) is 12.1 Å². The van der Waals surface area contributed by atoms with Crippen LogP contribution in [0.25, 0.3) is 0 Å².